The fourth-order valence-electron chi connectivity index (χ4n) is 1.16. The number of benzene rings is 1. The van der Waals surface area contributed by atoms with Crippen LogP contribution in [0.25, 0.3) is 6.08 Å². The topological polar surface area (TPSA) is 50.1 Å². The monoisotopic (exact) mass is 293 g/mol. The highest BCUT2D eigenvalue weighted by molar-refractivity contribution is 9.10. The van der Waals surface area contributed by atoms with Gasteiger partial charge in [-0.15, -0.1) is 0 Å². The maximum absolute atomic E-state index is 11.5. The van der Waals surface area contributed by atoms with E-state index >= 15 is 0 Å². The van der Waals surface area contributed by atoms with Gasteiger partial charge in [-0.3, -0.25) is 0 Å². The largest absolute Gasteiger partial charge is 0.462 e. The van der Waals surface area contributed by atoms with Gasteiger partial charge in [0.25, 0.3) is 0 Å². The van der Waals surface area contributed by atoms with Crippen molar-refractivity contribution in [2.24, 2.45) is 0 Å². The summed E-state index contributed by atoms with van der Waals surface area (Å²) in [6.07, 6.45) is 2.25. The molecule has 17 heavy (non-hydrogen) atoms. The van der Waals surface area contributed by atoms with E-state index in [-0.39, 0.29) is 5.57 Å². The van der Waals surface area contributed by atoms with Gasteiger partial charge in [0.15, 0.2) is 0 Å². The minimum Gasteiger partial charge on any atom is -0.462 e. The number of ether oxygens (including phenoxy) is 1. The minimum absolute atomic E-state index is 0.00495. The number of esters is 1. The summed E-state index contributed by atoms with van der Waals surface area (Å²) in [6.45, 7) is 2.23. The first-order valence-electron chi connectivity index (χ1n) is 5.22. The summed E-state index contributed by atoms with van der Waals surface area (Å²) in [5.41, 5.74) is 0.780. The summed E-state index contributed by atoms with van der Waals surface area (Å²) in [5.74, 6) is -0.579. The van der Waals surface area contributed by atoms with Crippen molar-refractivity contribution in [3.8, 4) is 6.07 Å². The molecule has 0 unspecified atom stereocenters. The molecule has 88 valence electrons. The van der Waals surface area contributed by atoms with Crippen molar-refractivity contribution >= 4 is 28.0 Å². The molecule has 0 heterocycles. The third-order valence-electron chi connectivity index (χ3n) is 1.98. The first kappa shape index (κ1) is 13.5. The summed E-state index contributed by atoms with van der Waals surface area (Å²) in [4.78, 5) is 11.5. The van der Waals surface area contributed by atoms with E-state index < -0.39 is 5.97 Å². The van der Waals surface area contributed by atoms with Gasteiger partial charge in [-0.05, 0) is 24.1 Å². The Bertz CT molecular complexity index is 475. The van der Waals surface area contributed by atoms with Gasteiger partial charge in [0.05, 0.1) is 6.61 Å². The molecule has 0 bridgehead atoms. The molecule has 4 heteroatoms. The van der Waals surface area contributed by atoms with Crippen LogP contribution in [0.15, 0.2) is 34.3 Å². The first-order valence-corrected chi connectivity index (χ1v) is 6.01. The van der Waals surface area contributed by atoms with Crippen LogP contribution in [0.3, 0.4) is 0 Å². The number of nitriles is 1. The Labute approximate surface area is 109 Å². The predicted octanol–water partition coefficient (Wildman–Crippen LogP) is 3.31. The van der Waals surface area contributed by atoms with Gasteiger partial charge in [0.1, 0.15) is 11.6 Å². The summed E-state index contributed by atoms with van der Waals surface area (Å²) < 4.78 is 5.74. The van der Waals surface area contributed by atoms with E-state index in [1.165, 1.54) is 6.08 Å². The molecule has 0 aliphatic heterocycles. The molecule has 0 spiro atoms. The molecular weight excluding hydrogens is 282 g/mol. The van der Waals surface area contributed by atoms with E-state index in [9.17, 15) is 4.79 Å². The summed E-state index contributed by atoms with van der Waals surface area (Å²) in [5, 5.41) is 8.91. The van der Waals surface area contributed by atoms with Crippen LogP contribution in [0.2, 0.25) is 0 Å². The molecule has 0 saturated heterocycles. The molecule has 0 aromatic heterocycles. The standard InChI is InChI=1S/C13H12BrNO2/c1-2-7-17-13(16)11(9-15)8-10-5-3-4-6-12(10)14/h3-6,8H,2,7H2,1H3/b11-8+. The molecule has 0 aliphatic carbocycles. The molecule has 0 aliphatic rings. The maximum Gasteiger partial charge on any atom is 0.348 e. The smallest absolute Gasteiger partial charge is 0.348 e. The zero-order chi connectivity index (χ0) is 12.7. The average molecular weight is 294 g/mol. The molecule has 1 aromatic rings. The van der Waals surface area contributed by atoms with E-state index in [1.54, 1.807) is 0 Å². The van der Waals surface area contributed by atoms with Crippen LogP contribution in [0.4, 0.5) is 0 Å². The Kier molecular flexibility index (Phi) is 5.44. The van der Waals surface area contributed by atoms with E-state index in [2.05, 4.69) is 15.9 Å². The second kappa shape index (κ2) is 6.87. The normalized spacial score (nSPS) is 10.8. The number of hydrogen-bond donors (Lipinski definition) is 0. The number of carbonyl (C=O) groups is 1. The second-order valence-electron chi connectivity index (χ2n) is 3.33. The average Bonchev–Trinajstić information content (AvgIpc) is 2.35. The van der Waals surface area contributed by atoms with Gasteiger partial charge >= 0.3 is 5.97 Å². The second-order valence-corrected chi connectivity index (χ2v) is 4.18. The van der Waals surface area contributed by atoms with Crippen LogP contribution in [-0.4, -0.2) is 12.6 Å². The lowest BCUT2D eigenvalue weighted by Crippen LogP contribution is -2.07. The Morgan fingerprint density at radius 3 is 2.82 bits per heavy atom. The Morgan fingerprint density at radius 1 is 1.53 bits per heavy atom. The molecule has 3 nitrogen and oxygen atoms in total. The SMILES string of the molecule is CCCOC(=O)/C(C#N)=C/c1ccccc1Br. The lowest BCUT2D eigenvalue weighted by Gasteiger charge is -2.02. The molecule has 1 aromatic carbocycles. The molecular formula is C13H12BrNO2. The van der Waals surface area contributed by atoms with Gasteiger partial charge in [-0.2, -0.15) is 5.26 Å². The van der Waals surface area contributed by atoms with Crippen LogP contribution < -0.4 is 0 Å². The van der Waals surface area contributed by atoms with E-state index in [4.69, 9.17) is 10.00 Å². The third-order valence-corrected chi connectivity index (χ3v) is 2.70. The first-order chi connectivity index (χ1) is 8.19. The summed E-state index contributed by atoms with van der Waals surface area (Å²) in [6, 6.07) is 9.21. The lowest BCUT2D eigenvalue weighted by molar-refractivity contribution is -0.138. The van der Waals surface area contributed by atoms with Crippen molar-refractivity contribution in [3.05, 3.63) is 39.9 Å². The van der Waals surface area contributed by atoms with Gasteiger partial charge in [0.2, 0.25) is 0 Å². The third kappa shape index (κ3) is 4.04. The molecule has 0 radical (unpaired) electrons. The van der Waals surface area contributed by atoms with E-state index in [0.717, 1.165) is 16.5 Å². The van der Waals surface area contributed by atoms with Crippen LogP contribution in [0.5, 0.6) is 0 Å². The quantitative estimate of drug-likeness (QED) is 0.486. The lowest BCUT2D eigenvalue weighted by atomic mass is 10.1. The van der Waals surface area contributed by atoms with Crippen LogP contribution in [-0.2, 0) is 9.53 Å². The van der Waals surface area contributed by atoms with Crippen molar-refractivity contribution < 1.29 is 9.53 Å². The number of hydrogen-bond acceptors (Lipinski definition) is 3. The number of carbonyl (C=O) groups excluding carboxylic acids is 1. The van der Waals surface area contributed by atoms with Gasteiger partial charge in [0, 0.05) is 4.47 Å². The van der Waals surface area contributed by atoms with Gasteiger partial charge in [-0.1, -0.05) is 41.1 Å². The van der Waals surface area contributed by atoms with Crippen molar-refractivity contribution in [2.45, 2.75) is 13.3 Å². The molecule has 0 N–H and O–H groups in total. The highest BCUT2D eigenvalue weighted by Gasteiger charge is 2.10. The number of halogens is 1. The van der Waals surface area contributed by atoms with E-state index in [1.807, 2.05) is 37.3 Å². The van der Waals surface area contributed by atoms with Crippen LogP contribution in [0.1, 0.15) is 18.9 Å². The van der Waals surface area contributed by atoms with Crippen molar-refractivity contribution in [1.29, 1.82) is 5.26 Å². The van der Waals surface area contributed by atoms with Crippen LogP contribution in [0, 0.1) is 11.3 Å². The molecule has 0 amide bonds. The van der Waals surface area contributed by atoms with Crippen LogP contribution >= 0.6 is 15.9 Å². The van der Waals surface area contributed by atoms with Crippen molar-refractivity contribution in [1.82, 2.24) is 0 Å². The highest BCUT2D eigenvalue weighted by atomic mass is 79.9. The van der Waals surface area contributed by atoms with Gasteiger partial charge in [-0.25, -0.2) is 4.79 Å². The Hall–Kier alpha value is -1.60. The predicted molar refractivity (Wildman–Crippen MR) is 69.0 cm³/mol. The molecule has 0 saturated carbocycles. The fourth-order valence-corrected chi connectivity index (χ4v) is 1.56. The molecule has 1 rings (SSSR count). The van der Waals surface area contributed by atoms with E-state index in [0.29, 0.717) is 6.61 Å². The van der Waals surface area contributed by atoms with Gasteiger partial charge < -0.3 is 4.74 Å². The maximum atomic E-state index is 11.5. The Morgan fingerprint density at radius 2 is 2.24 bits per heavy atom. The van der Waals surface area contributed by atoms with Crippen molar-refractivity contribution in [3.63, 3.8) is 0 Å². The zero-order valence-corrected chi connectivity index (χ0v) is 11.0. The summed E-state index contributed by atoms with van der Waals surface area (Å²) >= 11 is 3.35. The fraction of sp³-hybridized carbons (Fsp3) is 0.231. The van der Waals surface area contributed by atoms with Crippen molar-refractivity contribution in [2.75, 3.05) is 6.61 Å². The summed E-state index contributed by atoms with van der Waals surface area (Å²) in [7, 11) is 0. The zero-order valence-electron chi connectivity index (χ0n) is 9.44. The molecule has 0 fully saturated rings. The number of rotatable bonds is 4. The molecule has 0 atom stereocenters. The Balaban J connectivity index is 2.92. The number of nitrogens with zero attached hydrogens (tertiary/aromatic N) is 1. The minimum atomic E-state index is -0.579. The highest BCUT2D eigenvalue weighted by Crippen LogP contribution is 2.19.